The van der Waals surface area contributed by atoms with Crippen molar-refractivity contribution in [2.24, 2.45) is 0 Å². The Bertz CT molecular complexity index is 246. The third-order valence-electron chi connectivity index (χ3n) is 1.34. The predicted octanol–water partition coefficient (Wildman–Crippen LogP) is 0.518. The second-order valence-electron chi connectivity index (χ2n) is 2.86. The maximum absolute atomic E-state index is 9.87. The van der Waals surface area contributed by atoms with Crippen LogP contribution in [-0.4, -0.2) is 41.5 Å². The van der Waals surface area contributed by atoms with Gasteiger partial charge in [-0.25, -0.2) is 0 Å². The molecule has 0 heterocycles. The Morgan fingerprint density at radius 2 is 1.80 bits per heavy atom. The molecular formula is C8H18O6S. The van der Waals surface area contributed by atoms with Crippen LogP contribution in [-0.2, 0) is 14.9 Å². The molecule has 0 aromatic heterocycles. The van der Waals surface area contributed by atoms with Crippen molar-refractivity contribution in [3.63, 3.8) is 0 Å². The fourth-order valence-electron chi connectivity index (χ4n) is 0.642. The molecule has 0 aliphatic rings. The number of aliphatic hydroxyl groups excluding tert-OH is 1. The van der Waals surface area contributed by atoms with Crippen molar-refractivity contribution in [1.82, 2.24) is 0 Å². The van der Waals surface area contributed by atoms with Gasteiger partial charge >= 0.3 is 5.97 Å². The molecule has 0 unspecified atom stereocenters. The quantitative estimate of drug-likeness (QED) is 0.462. The predicted molar refractivity (Wildman–Crippen MR) is 55.3 cm³/mol. The lowest BCUT2D eigenvalue weighted by molar-refractivity contribution is -0.137. The molecule has 0 amide bonds. The topological polar surface area (TPSA) is 112 Å². The minimum atomic E-state index is -3.92. The lowest BCUT2D eigenvalue weighted by atomic mass is 10.2. The number of hydrogen-bond acceptors (Lipinski definition) is 4. The second kappa shape index (κ2) is 9.88. The summed E-state index contributed by atoms with van der Waals surface area (Å²) >= 11 is 0. The molecule has 0 bridgehead atoms. The largest absolute Gasteiger partial charge is 0.481 e. The van der Waals surface area contributed by atoms with Crippen LogP contribution in [0.25, 0.3) is 0 Å². The maximum Gasteiger partial charge on any atom is 0.303 e. The van der Waals surface area contributed by atoms with Crippen LogP contribution >= 0.6 is 0 Å². The van der Waals surface area contributed by atoms with E-state index in [2.05, 4.69) is 6.92 Å². The molecule has 0 atom stereocenters. The summed E-state index contributed by atoms with van der Waals surface area (Å²) in [5, 5.41) is 16.0. The highest BCUT2D eigenvalue weighted by atomic mass is 32.2. The zero-order valence-corrected chi connectivity index (χ0v) is 9.53. The smallest absolute Gasteiger partial charge is 0.303 e. The number of hydrogen-bond donors (Lipinski definition) is 3. The van der Waals surface area contributed by atoms with Gasteiger partial charge in [0.15, 0.2) is 0 Å². The average Bonchev–Trinajstić information content (AvgIpc) is 2.02. The van der Waals surface area contributed by atoms with Gasteiger partial charge in [-0.1, -0.05) is 19.8 Å². The highest BCUT2D eigenvalue weighted by molar-refractivity contribution is 7.85. The molecule has 0 fully saturated rings. The Kier molecular flexibility index (Phi) is 11.0. The normalized spacial score (nSPS) is 10.3. The van der Waals surface area contributed by atoms with Gasteiger partial charge in [0.25, 0.3) is 10.1 Å². The molecule has 0 spiro atoms. The molecule has 0 aliphatic carbocycles. The van der Waals surface area contributed by atoms with E-state index in [0.29, 0.717) is 6.42 Å². The van der Waals surface area contributed by atoms with Crippen molar-refractivity contribution in [1.29, 1.82) is 0 Å². The Morgan fingerprint density at radius 3 is 2.00 bits per heavy atom. The summed E-state index contributed by atoms with van der Waals surface area (Å²) < 4.78 is 27.1. The minimum absolute atomic E-state index is 0.327. The lowest BCUT2D eigenvalue weighted by Crippen LogP contribution is -2.06. The van der Waals surface area contributed by atoms with Crippen molar-refractivity contribution < 1.29 is 28.0 Å². The van der Waals surface area contributed by atoms with Gasteiger partial charge in [-0.05, 0) is 6.42 Å². The van der Waals surface area contributed by atoms with Crippen LogP contribution in [0.2, 0.25) is 0 Å². The Balaban J connectivity index is 0. The molecule has 92 valence electrons. The van der Waals surface area contributed by atoms with Gasteiger partial charge in [-0.15, -0.1) is 0 Å². The highest BCUT2D eigenvalue weighted by Gasteiger charge is 1.99. The fraction of sp³-hybridized carbons (Fsp3) is 0.875. The number of carbonyl (C=O) groups is 1. The van der Waals surface area contributed by atoms with Gasteiger partial charge in [0.05, 0.1) is 12.4 Å². The molecule has 0 radical (unpaired) electrons. The van der Waals surface area contributed by atoms with Crippen LogP contribution in [0, 0.1) is 0 Å². The first-order chi connectivity index (χ1) is 6.83. The molecule has 0 saturated heterocycles. The van der Waals surface area contributed by atoms with Gasteiger partial charge in [-0.2, -0.15) is 8.42 Å². The van der Waals surface area contributed by atoms with Crippen molar-refractivity contribution >= 4 is 16.1 Å². The van der Waals surface area contributed by atoms with E-state index in [9.17, 15) is 13.2 Å². The third-order valence-corrected chi connectivity index (χ3v) is 2.04. The first-order valence-electron chi connectivity index (χ1n) is 4.61. The van der Waals surface area contributed by atoms with Crippen LogP contribution in [0.1, 0.15) is 32.6 Å². The van der Waals surface area contributed by atoms with E-state index < -0.39 is 28.4 Å². The molecular weight excluding hydrogens is 224 g/mol. The number of carboxylic acid groups (broad SMARTS) is 1. The first-order valence-corrected chi connectivity index (χ1v) is 6.22. The first kappa shape index (κ1) is 16.8. The van der Waals surface area contributed by atoms with Crippen LogP contribution in [0.3, 0.4) is 0 Å². The highest BCUT2D eigenvalue weighted by Crippen LogP contribution is 1.97. The van der Waals surface area contributed by atoms with Gasteiger partial charge < -0.3 is 10.2 Å². The van der Waals surface area contributed by atoms with Gasteiger partial charge in [-0.3, -0.25) is 9.35 Å². The van der Waals surface area contributed by atoms with E-state index >= 15 is 0 Å². The molecule has 6 nitrogen and oxygen atoms in total. The molecule has 0 saturated carbocycles. The maximum atomic E-state index is 9.87. The third kappa shape index (κ3) is 24.7. The van der Waals surface area contributed by atoms with Crippen molar-refractivity contribution in [3.05, 3.63) is 0 Å². The van der Waals surface area contributed by atoms with Crippen LogP contribution in [0.15, 0.2) is 0 Å². The Morgan fingerprint density at radius 1 is 1.27 bits per heavy atom. The minimum Gasteiger partial charge on any atom is -0.481 e. The van der Waals surface area contributed by atoms with E-state index in [1.807, 2.05) is 0 Å². The SMILES string of the molecule is CCCCCC(=O)O.O=S(=O)(O)CCO. The summed E-state index contributed by atoms with van der Waals surface area (Å²) in [5.41, 5.74) is 0. The van der Waals surface area contributed by atoms with E-state index in [0.717, 1.165) is 19.3 Å². The Labute approximate surface area is 89.7 Å². The molecule has 0 aliphatic heterocycles. The molecule has 0 aromatic carbocycles. The zero-order valence-electron chi connectivity index (χ0n) is 8.72. The lowest BCUT2D eigenvalue weighted by Gasteiger charge is -1.89. The summed E-state index contributed by atoms with van der Waals surface area (Å²) in [6.45, 7) is 1.53. The van der Waals surface area contributed by atoms with Gasteiger partial charge in [0.1, 0.15) is 0 Å². The number of aliphatic carboxylic acids is 1. The number of aliphatic hydroxyl groups is 1. The van der Waals surface area contributed by atoms with Crippen molar-refractivity contribution in [3.8, 4) is 0 Å². The molecule has 15 heavy (non-hydrogen) atoms. The van der Waals surface area contributed by atoms with Crippen LogP contribution < -0.4 is 0 Å². The Hall–Kier alpha value is -0.660. The van der Waals surface area contributed by atoms with Crippen molar-refractivity contribution in [2.45, 2.75) is 32.6 Å². The van der Waals surface area contributed by atoms with E-state index in [-0.39, 0.29) is 0 Å². The van der Waals surface area contributed by atoms with Gasteiger partial charge in [0, 0.05) is 6.42 Å². The molecule has 7 heteroatoms. The average molecular weight is 242 g/mol. The van der Waals surface area contributed by atoms with Crippen molar-refractivity contribution in [2.75, 3.05) is 12.4 Å². The number of rotatable bonds is 6. The molecule has 3 N–H and O–H groups in total. The van der Waals surface area contributed by atoms with Gasteiger partial charge in [0.2, 0.25) is 0 Å². The molecule has 0 aromatic rings. The van der Waals surface area contributed by atoms with Crippen LogP contribution in [0.4, 0.5) is 0 Å². The van der Waals surface area contributed by atoms with Crippen LogP contribution in [0.5, 0.6) is 0 Å². The fourth-order valence-corrected chi connectivity index (χ4v) is 0.872. The van der Waals surface area contributed by atoms with E-state index in [4.69, 9.17) is 14.8 Å². The number of carboxylic acids is 1. The molecule has 0 rings (SSSR count). The summed E-state index contributed by atoms with van der Waals surface area (Å²) in [6, 6.07) is 0. The van der Waals surface area contributed by atoms with E-state index in [1.165, 1.54) is 0 Å². The van der Waals surface area contributed by atoms with E-state index in [1.54, 1.807) is 0 Å². The summed E-state index contributed by atoms with van der Waals surface area (Å²) in [4.78, 5) is 9.87. The summed E-state index contributed by atoms with van der Waals surface area (Å²) in [5.74, 6) is -1.26. The second-order valence-corrected chi connectivity index (χ2v) is 4.43. The summed E-state index contributed by atoms with van der Waals surface area (Å²) in [7, 11) is -3.92. The monoisotopic (exact) mass is 242 g/mol. The zero-order chi connectivity index (χ0) is 12.3. The standard InChI is InChI=1S/C6H12O2.C2H6O4S/c1-2-3-4-5-6(7)8;3-1-2-7(4,5)6/h2-5H2,1H3,(H,7,8);3H,1-2H2,(H,4,5,6). The number of unbranched alkanes of at least 4 members (excludes halogenated alkanes) is 2. The summed E-state index contributed by atoms with van der Waals surface area (Å²) in [6.07, 6.45) is 3.28.